The Morgan fingerprint density at radius 1 is 0.818 bits per heavy atom. The summed E-state index contributed by atoms with van der Waals surface area (Å²) in [6.07, 6.45) is 0. The van der Waals surface area contributed by atoms with Crippen LogP contribution in [-0.4, -0.2) is 21.3 Å². The number of hydrogen-bond donors (Lipinski definition) is 0. The van der Waals surface area contributed by atoms with E-state index in [4.69, 9.17) is 18.5 Å². The molecule has 5 nitrogen and oxygen atoms in total. The van der Waals surface area contributed by atoms with Gasteiger partial charge in [0, 0.05) is 19.8 Å². The first-order valence-electron chi connectivity index (χ1n) is 6.70. The van der Waals surface area contributed by atoms with Crippen molar-refractivity contribution in [3.63, 3.8) is 0 Å². The minimum atomic E-state index is -3.49. The Morgan fingerprint density at radius 2 is 1.36 bits per heavy atom. The Labute approximate surface area is 130 Å². The number of hydrogen-bond acceptors (Lipinski definition) is 5. The zero-order chi connectivity index (χ0) is 16.0. The molecule has 1 unspecified atom stereocenters. The first-order valence-corrected chi connectivity index (χ1v) is 8.31. The maximum absolute atomic E-state index is 12.8. The van der Waals surface area contributed by atoms with E-state index >= 15 is 0 Å². The molecule has 0 radical (unpaired) electrons. The van der Waals surface area contributed by atoms with E-state index in [0.717, 1.165) is 0 Å². The van der Waals surface area contributed by atoms with E-state index in [2.05, 4.69) is 0 Å². The van der Waals surface area contributed by atoms with Crippen LogP contribution in [0.1, 0.15) is 11.4 Å². The molecule has 0 bridgehead atoms. The standard InChI is InChI=1S/C16H19O5P/c1-18-14-11-7-8-12-15(14)21-16(22(17,19-2)20-3)13-9-5-4-6-10-13/h4-12,16H,1-3H3. The molecule has 0 saturated heterocycles. The number of rotatable bonds is 7. The van der Waals surface area contributed by atoms with Crippen molar-refractivity contribution in [1.82, 2.24) is 0 Å². The molecule has 0 amide bonds. The Bertz CT molecular complexity index is 636. The van der Waals surface area contributed by atoms with Crippen LogP contribution in [0.25, 0.3) is 0 Å². The Balaban J connectivity index is 2.44. The van der Waals surface area contributed by atoms with Crippen LogP contribution in [0.2, 0.25) is 0 Å². The van der Waals surface area contributed by atoms with Crippen LogP contribution in [0.4, 0.5) is 0 Å². The van der Waals surface area contributed by atoms with Crippen LogP contribution in [0.15, 0.2) is 54.6 Å². The lowest BCUT2D eigenvalue weighted by Crippen LogP contribution is -2.11. The largest absolute Gasteiger partial charge is 0.493 e. The fourth-order valence-corrected chi connectivity index (χ4v) is 3.35. The summed E-state index contributed by atoms with van der Waals surface area (Å²) >= 11 is 0. The summed E-state index contributed by atoms with van der Waals surface area (Å²) in [7, 11) is 0.739. The average Bonchev–Trinajstić information content (AvgIpc) is 2.60. The summed E-state index contributed by atoms with van der Waals surface area (Å²) in [6.45, 7) is 0. The summed E-state index contributed by atoms with van der Waals surface area (Å²) < 4.78 is 34.3. The Morgan fingerprint density at radius 3 is 1.91 bits per heavy atom. The fourth-order valence-electron chi connectivity index (χ4n) is 2.04. The molecule has 0 aliphatic heterocycles. The highest BCUT2D eigenvalue weighted by Gasteiger charge is 2.38. The van der Waals surface area contributed by atoms with Gasteiger partial charge in [-0.25, -0.2) is 0 Å². The lowest BCUT2D eigenvalue weighted by Gasteiger charge is -2.26. The lowest BCUT2D eigenvalue weighted by molar-refractivity contribution is 0.187. The van der Waals surface area contributed by atoms with E-state index in [1.807, 2.05) is 42.5 Å². The number of ether oxygens (including phenoxy) is 2. The second-order valence-electron chi connectivity index (χ2n) is 4.44. The Kier molecular flexibility index (Phi) is 5.61. The van der Waals surface area contributed by atoms with Crippen LogP contribution >= 0.6 is 7.60 Å². The molecule has 0 heterocycles. The molecule has 0 aliphatic carbocycles. The predicted octanol–water partition coefficient (Wildman–Crippen LogP) is 4.26. The molecular weight excluding hydrogens is 303 g/mol. The molecule has 2 aromatic rings. The zero-order valence-corrected chi connectivity index (χ0v) is 13.7. The molecule has 2 rings (SSSR count). The zero-order valence-electron chi connectivity index (χ0n) is 12.8. The van der Waals surface area contributed by atoms with Gasteiger partial charge >= 0.3 is 7.60 Å². The maximum atomic E-state index is 12.8. The summed E-state index contributed by atoms with van der Waals surface area (Å²) in [5.41, 5.74) is 0.695. The third kappa shape index (κ3) is 3.50. The van der Waals surface area contributed by atoms with Gasteiger partial charge in [-0.3, -0.25) is 4.57 Å². The monoisotopic (exact) mass is 322 g/mol. The van der Waals surface area contributed by atoms with Gasteiger partial charge in [-0.2, -0.15) is 0 Å². The average molecular weight is 322 g/mol. The van der Waals surface area contributed by atoms with Gasteiger partial charge in [0.1, 0.15) is 0 Å². The molecule has 0 fully saturated rings. The van der Waals surface area contributed by atoms with Crippen molar-refractivity contribution in [2.24, 2.45) is 0 Å². The highest BCUT2D eigenvalue weighted by Crippen LogP contribution is 2.60. The second-order valence-corrected chi connectivity index (χ2v) is 6.72. The van der Waals surface area contributed by atoms with Gasteiger partial charge in [0.15, 0.2) is 11.5 Å². The molecule has 1 atom stereocenters. The van der Waals surface area contributed by atoms with Crippen molar-refractivity contribution in [2.75, 3.05) is 21.3 Å². The normalized spacial score (nSPS) is 12.7. The number of benzene rings is 2. The molecule has 0 aliphatic rings. The topological polar surface area (TPSA) is 54.0 Å². The van der Waals surface area contributed by atoms with Gasteiger partial charge in [-0.05, 0) is 12.1 Å². The third-order valence-corrected chi connectivity index (χ3v) is 5.18. The van der Waals surface area contributed by atoms with E-state index in [9.17, 15) is 4.57 Å². The summed E-state index contributed by atoms with van der Waals surface area (Å²) in [6, 6.07) is 16.3. The maximum Gasteiger partial charge on any atom is 0.374 e. The van der Waals surface area contributed by atoms with Gasteiger partial charge < -0.3 is 18.5 Å². The molecular formula is C16H19O5P. The summed E-state index contributed by atoms with van der Waals surface area (Å²) in [4.78, 5) is 0. The quantitative estimate of drug-likeness (QED) is 0.713. The van der Waals surface area contributed by atoms with Crippen molar-refractivity contribution in [3.05, 3.63) is 60.2 Å². The first-order chi connectivity index (χ1) is 10.6. The van der Waals surface area contributed by atoms with Crippen molar-refractivity contribution in [3.8, 4) is 11.5 Å². The van der Waals surface area contributed by atoms with Crippen LogP contribution in [-0.2, 0) is 13.6 Å². The molecule has 0 saturated carbocycles. The van der Waals surface area contributed by atoms with Crippen LogP contribution in [0.5, 0.6) is 11.5 Å². The minimum absolute atomic E-state index is 0.466. The second kappa shape index (κ2) is 7.45. The number of para-hydroxylation sites is 2. The highest BCUT2D eigenvalue weighted by atomic mass is 31.2. The van der Waals surface area contributed by atoms with Gasteiger partial charge in [0.2, 0.25) is 5.85 Å². The number of methoxy groups -OCH3 is 1. The van der Waals surface area contributed by atoms with Gasteiger partial charge in [-0.1, -0.05) is 42.5 Å². The molecule has 0 spiro atoms. The molecule has 6 heteroatoms. The first kappa shape index (κ1) is 16.6. The third-order valence-electron chi connectivity index (χ3n) is 3.19. The van der Waals surface area contributed by atoms with Crippen molar-refractivity contribution < 1.29 is 23.1 Å². The SMILES string of the molecule is COc1ccccc1OC(c1ccccc1)P(=O)(OC)OC. The highest BCUT2D eigenvalue weighted by molar-refractivity contribution is 7.54. The van der Waals surface area contributed by atoms with E-state index < -0.39 is 13.4 Å². The van der Waals surface area contributed by atoms with Gasteiger partial charge in [0.25, 0.3) is 0 Å². The van der Waals surface area contributed by atoms with E-state index in [0.29, 0.717) is 17.1 Å². The summed E-state index contributed by atoms with van der Waals surface area (Å²) in [5.74, 6) is 0.121. The molecule has 0 N–H and O–H groups in total. The molecule has 2 aromatic carbocycles. The predicted molar refractivity (Wildman–Crippen MR) is 84.4 cm³/mol. The van der Waals surface area contributed by atoms with Crippen LogP contribution < -0.4 is 9.47 Å². The molecule has 118 valence electrons. The summed E-state index contributed by atoms with van der Waals surface area (Å²) in [5, 5.41) is 0. The Hall–Kier alpha value is -1.81. The van der Waals surface area contributed by atoms with Crippen molar-refractivity contribution in [2.45, 2.75) is 5.85 Å². The van der Waals surface area contributed by atoms with Crippen LogP contribution in [0.3, 0.4) is 0 Å². The van der Waals surface area contributed by atoms with Crippen LogP contribution in [0, 0.1) is 0 Å². The smallest absolute Gasteiger partial charge is 0.374 e. The van der Waals surface area contributed by atoms with Crippen molar-refractivity contribution in [1.29, 1.82) is 0 Å². The fraction of sp³-hybridized carbons (Fsp3) is 0.250. The van der Waals surface area contributed by atoms with Gasteiger partial charge in [-0.15, -0.1) is 0 Å². The van der Waals surface area contributed by atoms with Crippen molar-refractivity contribution >= 4 is 7.60 Å². The van der Waals surface area contributed by atoms with Gasteiger partial charge in [0.05, 0.1) is 7.11 Å². The minimum Gasteiger partial charge on any atom is -0.493 e. The lowest BCUT2D eigenvalue weighted by atomic mass is 10.2. The van der Waals surface area contributed by atoms with E-state index in [1.165, 1.54) is 14.2 Å². The van der Waals surface area contributed by atoms with E-state index in [-0.39, 0.29) is 0 Å². The molecule has 22 heavy (non-hydrogen) atoms. The van der Waals surface area contributed by atoms with E-state index in [1.54, 1.807) is 19.2 Å². The molecule has 0 aromatic heterocycles.